The van der Waals surface area contributed by atoms with Crippen molar-refractivity contribution < 1.29 is 4.79 Å². The van der Waals surface area contributed by atoms with Crippen LogP contribution in [0, 0.1) is 28.6 Å². The first-order chi connectivity index (χ1) is 16.6. The van der Waals surface area contributed by atoms with Gasteiger partial charge in [0.15, 0.2) is 0 Å². The first-order valence-corrected chi connectivity index (χ1v) is 13.7. The lowest BCUT2D eigenvalue weighted by atomic mass is 9.59. The molecular weight excluding hydrogens is 414 g/mol. The number of nitrogens with zero attached hydrogens (tertiary/aromatic N) is 1. The van der Waals surface area contributed by atoms with Gasteiger partial charge in [-0.25, -0.2) is 0 Å². The van der Waals surface area contributed by atoms with E-state index in [4.69, 9.17) is 0 Å². The minimum atomic E-state index is -0.289. The number of carbonyl (C=O) groups is 1. The molecule has 0 bridgehead atoms. The standard InChI is InChI=1S/C32H41NO/c1-3-5-7-24-8-10-25(11-9-24)26-12-14-27(15-13-26)28-18-20-32(23-33,21-19-28)30-17-16-29(6-4-2)31(34)22-30/h8-15,28-30H,3-7,16-22H2,1-2H3. The highest BCUT2D eigenvalue weighted by atomic mass is 16.1. The summed E-state index contributed by atoms with van der Waals surface area (Å²) in [5.41, 5.74) is 5.09. The molecule has 2 aromatic rings. The fourth-order valence-corrected chi connectivity index (χ4v) is 6.47. The molecule has 34 heavy (non-hydrogen) atoms. The van der Waals surface area contributed by atoms with Crippen molar-refractivity contribution >= 4 is 5.78 Å². The molecule has 2 fully saturated rings. The third-order valence-corrected chi connectivity index (χ3v) is 8.77. The van der Waals surface area contributed by atoms with Crippen molar-refractivity contribution in [2.45, 2.75) is 96.8 Å². The summed E-state index contributed by atoms with van der Waals surface area (Å²) in [6.45, 7) is 4.40. The second kappa shape index (κ2) is 11.4. The number of hydrogen-bond donors (Lipinski definition) is 0. The summed E-state index contributed by atoms with van der Waals surface area (Å²) in [7, 11) is 0. The number of aryl methyl sites for hydroxylation is 1. The predicted octanol–water partition coefficient (Wildman–Crippen LogP) is 8.65. The Bertz CT molecular complexity index is 973. The molecule has 0 spiro atoms. The van der Waals surface area contributed by atoms with E-state index >= 15 is 0 Å². The molecule has 2 aliphatic rings. The lowest BCUT2D eigenvalue weighted by Gasteiger charge is -2.43. The van der Waals surface area contributed by atoms with Crippen molar-refractivity contribution in [3.63, 3.8) is 0 Å². The Balaban J connectivity index is 1.36. The molecule has 0 radical (unpaired) electrons. The van der Waals surface area contributed by atoms with Gasteiger partial charge in [0, 0.05) is 12.3 Å². The van der Waals surface area contributed by atoms with Gasteiger partial charge in [0.05, 0.1) is 11.5 Å². The first-order valence-electron chi connectivity index (χ1n) is 13.7. The van der Waals surface area contributed by atoms with Crippen molar-refractivity contribution in [1.82, 2.24) is 0 Å². The molecule has 0 aliphatic heterocycles. The molecular formula is C32H41NO. The Labute approximate surface area is 206 Å². The summed E-state index contributed by atoms with van der Waals surface area (Å²) in [5.74, 6) is 1.46. The highest BCUT2D eigenvalue weighted by molar-refractivity contribution is 5.82. The van der Waals surface area contributed by atoms with Gasteiger partial charge in [-0.1, -0.05) is 75.2 Å². The Morgan fingerprint density at radius 2 is 1.53 bits per heavy atom. The molecule has 0 heterocycles. The maximum atomic E-state index is 12.7. The Morgan fingerprint density at radius 3 is 2.09 bits per heavy atom. The van der Waals surface area contributed by atoms with Crippen LogP contribution < -0.4 is 0 Å². The predicted molar refractivity (Wildman–Crippen MR) is 140 cm³/mol. The minimum absolute atomic E-state index is 0.249. The third-order valence-electron chi connectivity index (χ3n) is 8.77. The molecule has 0 aromatic heterocycles. The normalized spacial score (nSPS) is 27.3. The van der Waals surface area contributed by atoms with E-state index in [1.807, 2.05) is 0 Å². The molecule has 0 amide bonds. The van der Waals surface area contributed by atoms with Crippen LogP contribution in [0.5, 0.6) is 0 Å². The van der Waals surface area contributed by atoms with Gasteiger partial charge >= 0.3 is 0 Å². The Hall–Kier alpha value is -2.40. The van der Waals surface area contributed by atoms with E-state index in [2.05, 4.69) is 68.4 Å². The maximum Gasteiger partial charge on any atom is 0.136 e. The summed E-state index contributed by atoms with van der Waals surface area (Å²) >= 11 is 0. The highest BCUT2D eigenvalue weighted by Gasteiger charge is 2.45. The van der Waals surface area contributed by atoms with Crippen LogP contribution in [0.25, 0.3) is 11.1 Å². The summed E-state index contributed by atoms with van der Waals surface area (Å²) in [6.07, 6.45) is 12.4. The van der Waals surface area contributed by atoms with Gasteiger partial charge in [-0.3, -0.25) is 4.79 Å². The Kier molecular flexibility index (Phi) is 8.25. The van der Waals surface area contributed by atoms with Crippen LogP contribution in [-0.4, -0.2) is 5.78 Å². The first kappa shape index (κ1) is 24.7. The number of benzene rings is 2. The van der Waals surface area contributed by atoms with Crippen LogP contribution in [0.15, 0.2) is 48.5 Å². The molecule has 0 saturated heterocycles. The van der Waals surface area contributed by atoms with E-state index in [0.717, 1.165) is 57.8 Å². The largest absolute Gasteiger partial charge is 0.299 e. The van der Waals surface area contributed by atoms with Gasteiger partial charge in [0.2, 0.25) is 0 Å². The van der Waals surface area contributed by atoms with E-state index in [-0.39, 0.29) is 17.3 Å². The van der Waals surface area contributed by atoms with Crippen LogP contribution in [0.1, 0.15) is 102 Å². The molecule has 2 aliphatic carbocycles. The fourth-order valence-electron chi connectivity index (χ4n) is 6.47. The van der Waals surface area contributed by atoms with E-state index in [9.17, 15) is 10.1 Å². The van der Waals surface area contributed by atoms with Gasteiger partial charge in [0.25, 0.3) is 0 Å². The van der Waals surface area contributed by atoms with Crippen LogP contribution in [-0.2, 0) is 11.2 Å². The lowest BCUT2D eigenvalue weighted by Crippen LogP contribution is -2.38. The monoisotopic (exact) mass is 455 g/mol. The van der Waals surface area contributed by atoms with Crippen molar-refractivity contribution in [3.05, 3.63) is 59.7 Å². The van der Waals surface area contributed by atoms with Crippen molar-refractivity contribution in [2.75, 3.05) is 0 Å². The van der Waals surface area contributed by atoms with E-state index in [1.165, 1.54) is 35.1 Å². The lowest BCUT2D eigenvalue weighted by molar-refractivity contribution is -0.128. The van der Waals surface area contributed by atoms with Crippen molar-refractivity contribution in [2.24, 2.45) is 17.3 Å². The van der Waals surface area contributed by atoms with Gasteiger partial charge in [-0.15, -0.1) is 0 Å². The number of unbranched alkanes of at least 4 members (excludes halogenated alkanes) is 1. The minimum Gasteiger partial charge on any atom is -0.299 e. The van der Waals surface area contributed by atoms with Gasteiger partial charge in [-0.05, 0) is 91.9 Å². The van der Waals surface area contributed by atoms with Crippen LogP contribution in [0.2, 0.25) is 0 Å². The number of nitriles is 1. The number of carbonyl (C=O) groups excluding carboxylic acids is 1. The van der Waals surface area contributed by atoms with Crippen LogP contribution in [0.4, 0.5) is 0 Å². The zero-order chi connectivity index (χ0) is 24.0. The zero-order valence-corrected chi connectivity index (χ0v) is 21.2. The van der Waals surface area contributed by atoms with Crippen molar-refractivity contribution in [1.29, 1.82) is 5.26 Å². The summed E-state index contributed by atoms with van der Waals surface area (Å²) in [4.78, 5) is 12.7. The number of Topliss-reactive ketones (excluding diaryl/α,β-unsaturated/α-hetero) is 1. The average molecular weight is 456 g/mol. The summed E-state index contributed by atoms with van der Waals surface area (Å²) in [6, 6.07) is 20.9. The molecule has 2 unspecified atom stereocenters. The van der Waals surface area contributed by atoms with E-state index < -0.39 is 0 Å². The zero-order valence-electron chi connectivity index (χ0n) is 21.2. The quantitative estimate of drug-likeness (QED) is 0.399. The fraction of sp³-hybridized carbons (Fsp3) is 0.562. The second-order valence-corrected chi connectivity index (χ2v) is 10.9. The van der Waals surface area contributed by atoms with Gasteiger partial charge in [-0.2, -0.15) is 5.26 Å². The van der Waals surface area contributed by atoms with Crippen LogP contribution >= 0.6 is 0 Å². The van der Waals surface area contributed by atoms with Crippen LogP contribution in [0.3, 0.4) is 0 Å². The summed E-state index contributed by atoms with van der Waals surface area (Å²) in [5, 5.41) is 10.2. The van der Waals surface area contributed by atoms with Crippen molar-refractivity contribution in [3.8, 4) is 17.2 Å². The molecule has 2 atom stereocenters. The third kappa shape index (κ3) is 5.46. The molecule has 2 saturated carbocycles. The molecule has 2 heteroatoms. The van der Waals surface area contributed by atoms with Gasteiger partial charge < -0.3 is 0 Å². The number of rotatable bonds is 8. The molecule has 180 valence electrons. The smallest absolute Gasteiger partial charge is 0.136 e. The number of ketones is 1. The van der Waals surface area contributed by atoms with Gasteiger partial charge in [0.1, 0.15) is 5.78 Å². The SMILES string of the molecule is CCCCc1ccc(-c2ccc(C3CCC(C#N)(C4CCC(CCC)C(=O)C4)CC3)cc2)cc1. The second-order valence-electron chi connectivity index (χ2n) is 10.9. The maximum absolute atomic E-state index is 12.7. The average Bonchev–Trinajstić information content (AvgIpc) is 2.89. The molecule has 2 aromatic carbocycles. The molecule has 4 rings (SSSR count). The Morgan fingerprint density at radius 1 is 0.882 bits per heavy atom. The number of hydrogen-bond acceptors (Lipinski definition) is 2. The van der Waals surface area contributed by atoms with E-state index in [1.54, 1.807) is 0 Å². The summed E-state index contributed by atoms with van der Waals surface area (Å²) < 4.78 is 0. The topological polar surface area (TPSA) is 40.9 Å². The highest BCUT2D eigenvalue weighted by Crippen LogP contribution is 2.51. The van der Waals surface area contributed by atoms with E-state index in [0.29, 0.717) is 18.1 Å². The molecule has 2 nitrogen and oxygen atoms in total. The molecule has 0 N–H and O–H groups in total.